The number of carbonyl (C=O) groups is 2. The zero-order valence-electron chi connectivity index (χ0n) is 19.2. The number of likely N-dealkylation sites (N-methyl/N-ethyl adjacent to an activating group) is 1. The first kappa shape index (κ1) is 23.3. The van der Waals surface area contributed by atoms with Crippen LogP contribution in [0, 0.1) is 5.92 Å². The van der Waals surface area contributed by atoms with Gasteiger partial charge in [-0.3, -0.25) is 14.6 Å². The summed E-state index contributed by atoms with van der Waals surface area (Å²) in [5.41, 5.74) is 0. The first-order chi connectivity index (χ1) is 14.4. The molecule has 3 rings (SSSR count). The molecule has 0 bridgehead atoms. The summed E-state index contributed by atoms with van der Waals surface area (Å²) in [6.45, 7) is 11.0. The smallest absolute Gasteiger partial charge is 0.411 e. The van der Waals surface area contributed by atoms with Gasteiger partial charge in [-0.15, -0.1) is 0 Å². The molecule has 3 fully saturated rings. The molecule has 0 aromatic heterocycles. The minimum absolute atomic E-state index is 0.155. The molecule has 0 spiro atoms. The molecule has 0 aromatic carbocycles. The van der Waals surface area contributed by atoms with Crippen molar-refractivity contribution in [3.05, 3.63) is 0 Å². The van der Waals surface area contributed by atoms with Gasteiger partial charge in [0.05, 0.1) is 20.1 Å². The van der Waals surface area contributed by atoms with Gasteiger partial charge in [0.1, 0.15) is 0 Å². The molecule has 0 N–H and O–H groups in total. The molecule has 8 nitrogen and oxygen atoms in total. The Balaban J connectivity index is 1.55. The quantitative estimate of drug-likeness (QED) is 0.551. The van der Waals surface area contributed by atoms with E-state index >= 15 is 0 Å². The molecule has 0 saturated carbocycles. The number of cyclic esters (lactones) is 1. The Kier molecular flexibility index (Phi) is 8.36. The topological polar surface area (TPSA) is 65.6 Å². The maximum Gasteiger partial charge on any atom is 0.411 e. The number of piperazine rings is 1. The van der Waals surface area contributed by atoms with E-state index in [0.717, 1.165) is 38.5 Å². The lowest BCUT2D eigenvalue weighted by Gasteiger charge is -2.44. The van der Waals surface area contributed by atoms with E-state index in [4.69, 9.17) is 9.47 Å². The number of carbonyl (C=O) groups excluding carboxylic acids is 2. The van der Waals surface area contributed by atoms with Crippen molar-refractivity contribution < 1.29 is 19.1 Å². The van der Waals surface area contributed by atoms with E-state index in [2.05, 4.69) is 28.5 Å². The Labute approximate surface area is 181 Å². The number of rotatable bonds is 8. The molecule has 3 saturated heterocycles. The van der Waals surface area contributed by atoms with E-state index in [0.29, 0.717) is 25.0 Å². The summed E-state index contributed by atoms with van der Waals surface area (Å²) < 4.78 is 10.4. The second-order valence-electron chi connectivity index (χ2n) is 9.39. The Hall–Kier alpha value is -1.38. The van der Waals surface area contributed by atoms with Crippen molar-refractivity contribution in [3.8, 4) is 0 Å². The number of ether oxygens (including phenoxy) is 2. The highest BCUT2D eigenvalue weighted by molar-refractivity contribution is 5.69. The van der Waals surface area contributed by atoms with Crippen molar-refractivity contribution in [3.63, 3.8) is 0 Å². The number of likely N-dealkylation sites (tertiary alicyclic amines) is 1. The number of esters is 1. The van der Waals surface area contributed by atoms with E-state index in [9.17, 15) is 9.59 Å². The summed E-state index contributed by atoms with van der Waals surface area (Å²) in [6, 6.07) is 0.987. The lowest BCUT2D eigenvalue weighted by atomic mass is 9.89. The van der Waals surface area contributed by atoms with Gasteiger partial charge in [0.2, 0.25) is 0 Å². The van der Waals surface area contributed by atoms with Crippen LogP contribution in [0.1, 0.15) is 46.0 Å². The van der Waals surface area contributed by atoms with E-state index < -0.39 is 0 Å². The second kappa shape index (κ2) is 10.8. The van der Waals surface area contributed by atoms with Crippen LogP contribution in [-0.4, -0.2) is 110 Å². The van der Waals surface area contributed by atoms with Gasteiger partial charge in [0.15, 0.2) is 6.23 Å². The average molecular weight is 425 g/mol. The SMILES string of the molecule is COC(=O)CCN1CCN(C2CN(C)C(=O)O2)C(CCC2CCN(C(C)C)CC2)C1. The molecule has 2 unspecified atom stereocenters. The van der Waals surface area contributed by atoms with Crippen LogP contribution >= 0.6 is 0 Å². The summed E-state index contributed by atoms with van der Waals surface area (Å²) in [6.07, 6.45) is 4.92. The molecule has 3 aliphatic heterocycles. The predicted octanol–water partition coefficient (Wildman–Crippen LogP) is 1.84. The number of methoxy groups -OCH3 is 1. The largest absolute Gasteiger partial charge is 0.469 e. The van der Waals surface area contributed by atoms with Gasteiger partial charge in [-0.05, 0) is 58.5 Å². The van der Waals surface area contributed by atoms with Crippen LogP contribution in [-0.2, 0) is 14.3 Å². The molecular formula is C22H40N4O4. The number of amides is 1. The van der Waals surface area contributed by atoms with Crippen LogP contribution < -0.4 is 0 Å². The molecule has 0 aromatic rings. The van der Waals surface area contributed by atoms with Crippen molar-refractivity contribution in [2.75, 3.05) is 60.0 Å². The van der Waals surface area contributed by atoms with Gasteiger partial charge >= 0.3 is 12.1 Å². The molecule has 172 valence electrons. The molecular weight excluding hydrogens is 384 g/mol. The maximum atomic E-state index is 11.9. The van der Waals surface area contributed by atoms with Crippen LogP contribution in [0.25, 0.3) is 0 Å². The van der Waals surface area contributed by atoms with Crippen molar-refractivity contribution >= 4 is 12.1 Å². The zero-order chi connectivity index (χ0) is 21.7. The highest BCUT2D eigenvalue weighted by Gasteiger charge is 2.39. The normalized spacial score (nSPS) is 27.6. The van der Waals surface area contributed by atoms with Gasteiger partial charge in [-0.25, -0.2) is 4.79 Å². The summed E-state index contributed by atoms with van der Waals surface area (Å²) in [5, 5.41) is 0. The van der Waals surface area contributed by atoms with E-state index in [1.807, 2.05) is 0 Å². The fourth-order valence-corrected chi connectivity index (χ4v) is 5.04. The second-order valence-corrected chi connectivity index (χ2v) is 9.39. The monoisotopic (exact) mass is 424 g/mol. The summed E-state index contributed by atoms with van der Waals surface area (Å²) >= 11 is 0. The van der Waals surface area contributed by atoms with Gasteiger partial charge in [-0.2, -0.15) is 0 Å². The van der Waals surface area contributed by atoms with Crippen LogP contribution in [0.2, 0.25) is 0 Å². The van der Waals surface area contributed by atoms with Gasteiger partial charge in [0, 0.05) is 45.3 Å². The third-order valence-corrected chi connectivity index (χ3v) is 7.11. The van der Waals surface area contributed by atoms with Crippen molar-refractivity contribution in [1.82, 2.24) is 19.6 Å². The summed E-state index contributed by atoms with van der Waals surface area (Å²) in [5.74, 6) is 0.623. The summed E-state index contributed by atoms with van der Waals surface area (Å²) in [7, 11) is 3.24. The lowest BCUT2D eigenvalue weighted by Crippen LogP contribution is -2.57. The van der Waals surface area contributed by atoms with Gasteiger partial charge in [-0.1, -0.05) is 0 Å². The molecule has 1 amide bonds. The minimum Gasteiger partial charge on any atom is -0.469 e. The van der Waals surface area contributed by atoms with Crippen molar-refractivity contribution in [2.24, 2.45) is 5.92 Å². The molecule has 3 aliphatic rings. The number of piperidine rings is 1. The van der Waals surface area contributed by atoms with E-state index in [1.54, 1.807) is 11.9 Å². The fourth-order valence-electron chi connectivity index (χ4n) is 5.04. The molecule has 30 heavy (non-hydrogen) atoms. The Morgan fingerprint density at radius 1 is 1.13 bits per heavy atom. The van der Waals surface area contributed by atoms with Crippen LogP contribution in [0.5, 0.6) is 0 Å². The average Bonchev–Trinajstić information content (AvgIpc) is 3.08. The van der Waals surface area contributed by atoms with Gasteiger partial charge < -0.3 is 19.3 Å². The highest BCUT2D eigenvalue weighted by atomic mass is 16.6. The number of hydrogen-bond donors (Lipinski definition) is 0. The maximum absolute atomic E-state index is 11.9. The molecule has 8 heteroatoms. The minimum atomic E-state index is -0.229. The Morgan fingerprint density at radius 3 is 2.47 bits per heavy atom. The molecule has 0 aliphatic carbocycles. The van der Waals surface area contributed by atoms with Crippen molar-refractivity contribution in [2.45, 2.75) is 64.3 Å². The highest BCUT2D eigenvalue weighted by Crippen LogP contribution is 2.28. The lowest BCUT2D eigenvalue weighted by molar-refractivity contribution is -0.141. The van der Waals surface area contributed by atoms with Crippen LogP contribution in [0.15, 0.2) is 0 Å². The molecule has 0 radical (unpaired) electrons. The molecule has 3 heterocycles. The van der Waals surface area contributed by atoms with E-state index in [1.165, 1.54) is 39.5 Å². The Morgan fingerprint density at radius 2 is 1.87 bits per heavy atom. The first-order valence-electron chi connectivity index (χ1n) is 11.6. The third-order valence-electron chi connectivity index (χ3n) is 7.11. The fraction of sp³-hybridized carbons (Fsp3) is 0.909. The molecule has 2 atom stereocenters. The predicted molar refractivity (Wildman–Crippen MR) is 115 cm³/mol. The van der Waals surface area contributed by atoms with Gasteiger partial charge in [0.25, 0.3) is 0 Å². The third kappa shape index (κ3) is 6.08. The number of nitrogens with zero attached hydrogens (tertiary/aromatic N) is 4. The van der Waals surface area contributed by atoms with Crippen molar-refractivity contribution in [1.29, 1.82) is 0 Å². The Bertz CT molecular complexity index is 579. The van der Waals surface area contributed by atoms with Crippen LogP contribution in [0.4, 0.5) is 4.79 Å². The first-order valence-corrected chi connectivity index (χ1v) is 11.6. The number of hydrogen-bond acceptors (Lipinski definition) is 7. The zero-order valence-corrected chi connectivity index (χ0v) is 19.2. The standard InChI is InChI=1S/C22H40N4O4/c1-17(2)25-11-7-18(8-12-25)5-6-19-15-24(10-9-21(27)29-4)13-14-26(19)20-16-23(3)22(28)30-20/h17-20H,5-16H2,1-4H3. The van der Waals surface area contributed by atoms with E-state index in [-0.39, 0.29) is 18.3 Å². The van der Waals surface area contributed by atoms with Crippen LogP contribution in [0.3, 0.4) is 0 Å². The summed E-state index contributed by atoms with van der Waals surface area (Å²) in [4.78, 5) is 32.5.